The number of hydrogen-bond donors (Lipinski definition) is 0. The Morgan fingerprint density at radius 2 is 1.54 bits per heavy atom. The van der Waals surface area contributed by atoms with Crippen molar-refractivity contribution in [3.05, 3.63) is 89.2 Å². The molecule has 0 aliphatic carbocycles. The van der Waals surface area contributed by atoms with Crippen molar-refractivity contribution in [2.45, 2.75) is 39.8 Å². The van der Waals surface area contributed by atoms with Gasteiger partial charge in [0.05, 0.1) is 0 Å². The molecule has 0 saturated heterocycles. The molecule has 0 aliphatic rings. The second-order valence-electron chi connectivity index (χ2n) is 7.58. The fraction of sp³-hybridized carbons (Fsp3) is 0.292. The summed E-state index contributed by atoms with van der Waals surface area (Å²) in [5.74, 6) is 0. The van der Waals surface area contributed by atoms with E-state index in [0.29, 0.717) is 0 Å². The molecule has 26 heavy (non-hydrogen) atoms. The number of nitrogens with zero attached hydrogens (tertiary/aromatic N) is 2. The van der Waals surface area contributed by atoms with Gasteiger partial charge in [0.2, 0.25) is 0 Å². The third-order valence-corrected chi connectivity index (χ3v) is 5.40. The smallest absolute Gasteiger partial charge is 0.0404 e. The van der Waals surface area contributed by atoms with Gasteiger partial charge in [0.15, 0.2) is 0 Å². The van der Waals surface area contributed by atoms with E-state index in [1.807, 2.05) is 6.20 Å². The highest BCUT2D eigenvalue weighted by molar-refractivity contribution is 5.70. The number of aryl methyl sites for hydroxylation is 2. The first-order valence-electron chi connectivity index (χ1n) is 9.18. The number of aromatic nitrogens is 1. The molecule has 0 aliphatic heterocycles. The van der Waals surface area contributed by atoms with Gasteiger partial charge in [0.1, 0.15) is 0 Å². The fourth-order valence-corrected chi connectivity index (χ4v) is 3.36. The second kappa shape index (κ2) is 7.43. The standard InChI is InChI=1S/C24H28N2/c1-18-11-9-10-14-22(18)23-15-19(2)25-16-20(23)17-26(5)24(3,4)21-12-7-6-8-13-21/h6-16H,17H2,1-5H3. The van der Waals surface area contributed by atoms with Crippen molar-refractivity contribution < 1.29 is 0 Å². The molecule has 1 aromatic heterocycles. The molecule has 0 amide bonds. The van der Waals surface area contributed by atoms with Crippen LogP contribution in [0.25, 0.3) is 11.1 Å². The van der Waals surface area contributed by atoms with Gasteiger partial charge in [0, 0.05) is 24.0 Å². The van der Waals surface area contributed by atoms with Crippen LogP contribution in [0.2, 0.25) is 0 Å². The van der Waals surface area contributed by atoms with Gasteiger partial charge in [-0.2, -0.15) is 0 Å². The largest absolute Gasteiger partial charge is 0.293 e. The molecule has 0 radical (unpaired) electrons. The highest BCUT2D eigenvalue weighted by Gasteiger charge is 2.26. The van der Waals surface area contributed by atoms with Crippen LogP contribution in [0.3, 0.4) is 0 Å². The first kappa shape index (κ1) is 18.3. The Morgan fingerprint density at radius 1 is 0.885 bits per heavy atom. The Labute approximate surface area is 157 Å². The average Bonchev–Trinajstić information content (AvgIpc) is 2.64. The molecule has 0 unspecified atom stereocenters. The third kappa shape index (κ3) is 3.71. The summed E-state index contributed by atoms with van der Waals surface area (Å²) in [4.78, 5) is 6.98. The van der Waals surface area contributed by atoms with Gasteiger partial charge in [-0.05, 0) is 68.6 Å². The van der Waals surface area contributed by atoms with E-state index < -0.39 is 0 Å². The van der Waals surface area contributed by atoms with Crippen molar-refractivity contribution in [1.82, 2.24) is 9.88 Å². The molecule has 2 heteroatoms. The minimum absolute atomic E-state index is 0.0604. The molecule has 0 spiro atoms. The maximum absolute atomic E-state index is 4.58. The quantitative estimate of drug-likeness (QED) is 0.587. The van der Waals surface area contributed by atoms with E-state index in [1.54, 1.807) is 0 Å². The van der Waals surface area contributed by atoms with Crippen molar-refractivity contribution in [2.24, 2.45) is 0 Å². The normalized spacial score (nSPS) is 11.8. The number of rotatable bonds is 5. The van der Waals surface area contributed by atoms with Crippen LogP contribution >= 0.6 is 0 Å². The van der Waals surface area contributed by atoms with Crippen molar-refractivity contribution in [3.63, 3.8) is 0 Å². The van der Waals surface area contributed by atoms with Gasteiger partial charge in [-0.3, -0.25) is 9.88 Å². The minimum Gasteiger partial charge on any atom is -0.293 e. The van der Waals surface area contributed by atoms with Crippen molar-refractivity contribution in [1.29, 1.82) is 0 Å². The number of hydrogen-bond acceptors (Lipinski definition) is 2. The summed E-state index contributed by atoms with van der Waals surface area (Å²) >= 11 is 0. The number of benzene rings is 2. The van der Waals surface area contributed by atoms with Crippen LogP contribution in [0.15, 0.2) is 66.9 Å². The summed E-state index contributed by atoms with van der Waals surface area (Å²) in [7, 11) is 2.19. The van der Waals surface area contributed by atoms with Crippen LogP contribution in [0.5, 0.6) is 0 Å². The van der Waals surface area contributed by atoms with E-state index in [-0.39, 0.29) is 5.54 Å². The molecule has 0 atom stereocenters. The molecule has 1 heterocycles. The Hall–Kier alpha value is -2.45. The van der Waals surface area contributed by atoms with Gasteiger partial charge < -0.3 is 0 Å². The van der Waals surface area contributed by atoms with E-state index in [2.05, 4.69) is 105 Å². The topological polar surface area (TPSA) is 16.1 Å². The molecule has 3 aromatic rings. The summed E-state index contributed by atoms with van der Waals surface area (Å²) < 4.78 is 0. The van der Waals surface area contributed by atoms with E-state index in [0.717, 1.165) is 12.2 Å². The Balaban J connectivity index is 1.97. The monoisotopic (exact) mass is 344 g/mol. The molecule has 0 saturated carbocycles. The summed E-state index contributed by atoms with van der Waals surface area (Å²) in [6, 6.07) is 21.5. The predicted octanol–water partition coefficient (Wildman–Crippen LogP) is 5.73. The van der Waals surface area contributed by atoms with Crippen molar-refractivity contribution in [3.8, 4) is 11.1 Å². The summed E-state index contributed by atoms with van der Waals surface area (Å²) in [5, 5.41) is 0. The Morgan fingerprint density at radius 3 is 2.23 bits per heavy atom. The zero-order valence-corrected chi connectivity index (χ0v) is 16.5. The zero-order chi connectivity index (χ0) is 18.7. The lowest BCUT2D eigenvalue weighted by Gasteiger charge is -2.36. The SMILES string of the molecule is Cc1cc(-c2ccccc2C)c(CN(C)C(C)(C)c2ccccc2)cn1. The predicted molar refractivity (Wildman–Crippen MR) is 110 cm³/mol. The van der Waals surface area contributed by atoms with Gasteiger partial charge in [-0.15, -0.1) is 0 Å². The molecule has 2 aromatic carbocycles. The van der Waals surface area contributed by atoms with Gasteiger partial charge in [0.25, 0.3) is 0 Å². The van der Waals surface area contributed by atoms with Crippen molar-refractivity contribution in [2.75, 3.05) is 7.05 Å². The van der Waals surface area contributed by atoms with Crippen LogP contribution in [-0.2, 0) is 12.1 Å². The van der Waals surface area contributed by atoms with E-state index in [9.17, 15) is 0 Å². The summed E-state index contributed by atoms with van der Waals surface area (Å²) in [6.07, 6.45) is 2.04. The van der Waals surface area contributed by atoms with Crippen LogP contribution in [-0.4, -0.2) is 16.9 Å². The van der Waals surface area contributed by atoms with Gasteiger partial charge in [-0.25, -0.2) is 0 Å². The fourth-order valence-electron chi connectivity index (χ4n) is 3.36. The van der Waals surface area contributed by atoms with Crippen molar-refractivity contribution >= 4 is 0 Å². The van der Waals surface area contributed by atoms with Crippen LogP contribution < -0.4 is 0 Å². The maximum Gasteiger partial charge on any atom is 0.0404 e. The molecule has 0 fully saturated rings. The molecular weight excluding hydrogens is 316 g/mol. The maximum atomic E-state index is 4.58. The van der Waals surface area contributed by atoms with E-state index in [4.69, 9.17) is 0 Å². The van der Waals surface area contributed by atoms with Crippen LogP contribution in [0, 0.1) is 13.8 Å². The van der Waals surface area contributed by atoms with E-state index in [1.165, 1.54) is 27.8 Å². The summed E-state index contributed by atoms with van der Waals surface area (Å²) in [5.41, 5.74) is 7.44. The molecule has 0 bridgehead atoms. The molecule has 3 rings (SSSR count). The third-order valence-electron chi connectivity index (χ3n) is 5.40. The summed E-state index contributed by atoms with van der Waals surface area (Å²) in [6.45, 7) is 9.63. The van der Waals surface area contributed by atoms with Gasteiger partial charge >= 0.3 is 0 Å². The van der Waals surface area contributed by atoms with Gasteiger partial charge in [-0.1, -0.05) is 54.6 Å². The molecule has 2 nitrogen and oxygen atoms in total. The lowest BCUT2D eigenvalue weighted by Crippen LogP contribution is -2.38. The second-order valence-corrected chi connectivity index (χ2v) is 7.58. The zero-order valence-electron chi connectivity index (χ0n) is 16.5. The lowest BCUT2D eigenvalue weighted by atomic mass is 9.91. The average molecular weight is 345 g/mol. The van der Waals surface area contributed by atoms with E-state index >= 15 is 0 Å². The Bertz CT molecular complexity index is 882. The van der Waals surface area contributed by atoms with Crippen LogP contribution in [0.4, 0.5) is 0 Å². The highest BCUT2D eigenvalue weighted by Crippen LogP contribution is 2.32. The van der Waals surface area contributed by atoms with Crippen LogP contribution in [0.1, 0.15) is 36.2 Å². The lowest BCUT2D eigenvalue weighted by molar-refractivity contribution is 0.148. The highest BCUT2D eigenvalue weighted by atomic mass is 15.2. The molecular formula is C24H28N2. The molecule has 134 valence electrons. The minimum atomic E-state index is -0.0604. The Kier molecular flexibility index (Phi) is 5.24. The first-order valence-corrected chi connectivity index (χ1v) is 9.18. The number of pyridine rings is 1. The molecule has 0 N–H and O–H groups in total. The first-order chi connectivity index (χ1) is 12.4.